The lowest BCUT2D eigenvalue weighted by Gasteiger charge is -2.73. The Bertz CT molecular complexity index is 2150. The van der Waals surface area contributed by atoms with Crippen LogP contribution in [0, 0.1) is 113 Å². The topological polar surface area (TPSA) is 170 Å². The molecule has 19 atom stereocenters. The SMILES string of the molecule is C=C(C)[C@@H]1CC[C@]2(C(=O)O)CC[C@]3(C)[C@H](CC[C@@H]4[C@@]5(C)CCC(=O)C(C)(C)[C@@H]5CC[C@]43C)[C@@H]12.C=C(C)[C@@H]1CC[C@]2(C(=O)O)CC[C@]3(C)[C@H](CC[C@@H]4[C@@]5(C)CCC(NCCO)C(C)(C)[C@@H]5CC[C@]43C)[C@@H]12.NCCO. The molecule has 0 spiro atoms. The molecule has 9 heteroatoms. The maximum Gasteiger partial charge on any atom is 0.309 e. The van der Waals surface area contributed by atoms with E-state index in [1.54, 1.807) is 0 Å². The third-order valence-electron chi connectivity index (χ3n) is 27.4. The number of hydrogen-bond donors (Lipinski definition) is 6. The van der Waals surface area contributed by atoms with Crippen molar-refractivity contribution in [1.82, 2.24) is 5.32 Å². The van der Waals surface area contributed by atoms with E-state index in [-0.39, 0.29) is 63.0 Å². The summed E-state index contributed by atoms with van der Waals surface area (Å²) in [5.74, 6) is 4.03. The summed E-state index contributed by atoms with van der Waals surface area (Å²) in [6.45, 7) is 39.3. The minimum Gasteiger partial charge on any atom is -0.481 e. The van der Waals surface area contributed by atoms with Crippen molar-refractivity contribution in [3.63, 3.8) is 0 Å². The minimum atomic E-state index is -0.547. The molecule has 0 radical (unpaired) electrons. The summed E-state index contributed by atoms with van der Waals surface area (Å²) in [6, 6.07) is 0.472. The number of aliphatic hydroxyl groups excluding tert-OH is 2. The monoisotopic (exact) mass is 1010 g/mol. The van der Waals surface area contributed by atoms with Gasteiger partial charge in [0.15, 0.2) is 0 Å². The first kappa shape index (κ1) is 57.1. The highest BCUT2D eigenvalue weighted by molar-refractivity contribution is 5.85. The molecule has 0 aromatic rings. The van der Waals surface area contributed by atoms with Gasteiger partial charge in [0, 0.05) is 31.0 Å². The van der Waals surface area contributed by atoms with Gasteiger partial charge in [-0.25, -0.2) is 0 Å². The number of nitrogens with one attached hydrogen (secondary N) is 1. The van der Waals surface area contributed by atoms with E-state index in [1.807, 2.05) is 0 Å². The van der Waals surface area contributed by atoms with E-state index in [2.05, 4.69) is 102 Å². The molecule has 10 fully saturated rings. The van der Waals surface area contributed by atoms with Gasteiger partial charge in [0.05, 0.1) is 24.0 Å². The number of aliphatic hydroxyl groups is 2. The Morgan fingerprint density at radius 3 is 1.40 bits per heavy atom. The molecule has 10 aliphatic carbocycles. The predicted octanol–water partition coefficient (Wildman–Crippen LogP) is 12.9. The molecule has 0 amide bonds. The van der Waals surface area contributed by atoms with Crippen LogP contribution in [0.1, 0.15) is 212 Å². The van der Waals surface area contributed by atoms with Crippen molar-refractivity contribution >= 4 is 17.7 Å². The fourth-order valence-corrected chi connectivity index (χ4v) is 23.4. The lowest BCUT2D eigenvalue weighted by atomic mass is 9.32. The number of Topliss-reactive ketones (excluding diaryl/α,β-unsaturated/α-hetero) is 1. The Morgan fingerprint density at radius 2 is 0.986 bits per heavy atom. The zero-order valence-electron chi connectivity index (χ0n) is 48.3. The fourth-order valence-electron chi connectivity index (χ4n) is 23.4. The van der Waals surface area contributed by atoms with Crippen LogP contribution in [0.4, 0.5) is 0 Å². The quantitative estimate of drug-likeness (QED) is 0.130. The maximum atomic E-state index is 12.9. The highest BCUT2D eigenvalue weighted by Gasteiger charge is 2.74. The first-order valence-corrected chi connectivity index (χ1v) is 29.9. The Hall–Kier alpha value is -2.07. The number of hydrogen-bond acceptors (Lipinski definition) is 7. The summed E-state index contributed by atoms with van der Waals surface area (Å²) in [6.07, 6.45) is 21.4. The zero-order chi connectivity index (χ0) is 53.9. The van der Waals surface area contributed by atoms with E-state index < -0.39 is 22.8 Å². The van der Waals surface area contributed by atoms with Crippen molar-refractivity contribution in [3.05, 3.63) is 24.3 Å². The molecule has 0 aliphatic heterocycles. The molecule has 73 heavy (non-hydrogen) atoms. The second-order valence-electron chi connectivity index (χ2n) is 30.0. The number of fused-ring (bicyclic) bond motifs is 14. The van der Waals surface area contributed by atoms with Crippen molar-refractivity contribution in [1.29, 1.82) is 0 Å². The molecule has 10 aliphatic rings. The second kappa shape index (κ2) is 19.4. The van der Waals surface area contributed by atoms with Gasteiger partial charge in [-0.3, -0.25) is 14.4 Å². The predicted molar refractivity (Wildman–Crippen MR) is 293 cm³/mol. The highest BCUT2D eigenvalue weighted by atomic mass is 16.4. The number of ketones is 1. The number of rotatable bonds is 8. The van der Waals surface area contributed by atoms with E-state index in [0.29, 0.717) is 77.7 Å². The van der Waals surface area contributed by atoms with Crippen molar-refractivity contribution in [2.45, 2.75) is 218 Å². The molecule has 0 aromatic heterocycles. The standard InChI is InChI=1S/C32H53NO3.C30H46O3.C2H7NO/c1-20(2)21-10-15-32(27(35)36)17-16-30(6)22(26(21)32)8-9-24-29(5)13-12-25(33-18-19-34)28(3,4)23(29)11-14-31(24,30)7;1-18(2)19-10-15-30(25(32)33)17-16-28(6)20(24(19)30)8-9-22-27(5)13-12-23(31)26(3,4)21(27)11-14-29(22,28)7;3-1-2-4/h21-26,33-34H,1,8-19H2,2-7H3,(H,35,36);19-22,24H,1,8-17H2,2-7H3,(H,32,33);4H,1-3H2/t21-,22+,23-,24+,25?,26+,29-,30+,31+,32-;19-,20+,21-,22+,24+,27-,28+,29+,30-;/m00./s1. The molecule has 0 bridgehead atoms. The molecule has 10 rings (SSSR count). The van der Waals surface area contributed by atoms with Crippen LogP contribution in [-0.4, -0.2) is 70.5 Å². The van der Waals surface area contributed by atoms with Crippen LogP contribution in [-0.2, 0) is 14.4 Å². The van der Waals surface area contributed by atoms with Gasteiger partial charge in [0.25, 0.3) is 0 Å². The number of nitrogens with two attached hydrogens (primary N) is 1. The Morgan fingerprint density at radius 1 is 0.548 bits per heavy atom. The second-order valence-corrected chi connectivity index (χ2v) is 30.0. The first-order valence-electron chi connectivity index (χ1n) is 29.9. The maximum absolute atomic E-state index is 12.9. The molecule has 10 saturated carbocycles. The molecular formula is C64H106N2O7. The van der Waals surface area contributed by atoms with Crippen molar-refractivity contribution in [3.8, 4) is 0 Å². The van der Waals surface area contributed by atoms with E-state index >= 15 is 0 Å². The number of aliphatic carboxylic acids is 2. The molecular weight excluding hydrogens is 909 g/mol. The van der Waals surface area contributed by atoms with Crippen LogP contribution >= 0.6 is 0 Å². The molecule has 9 nitrogen and oxygen atoms in total. The van der Waals surface area contributed by atoms with Gasteiger partial charge in [-0.05, 0) is 233 Å². The molecule has 1 unspecified atom stereocenters. The molecule has 0 saturated heterocycles. The van der Waals surface area contributed by atoms with Crippen LogP contribution in [0.2, 0.25) is 0 Å². The van der Waals surface area contributed by atoms with Gasteiger partial charge < -0.3 is 31.5 Å². The van der Waals surface area contributed by atoms with Crippen LogP contribution in [0.25, 0.3) is 0 Å². The number of carbonyl (C=O) groups excluding carboxylic acids is 1. The summed E-state index contributed by atoms with van der Waals surface area (Å²) in [5, 5.41) is 41.9. The largest absolute Gasteiger partial charge is 0.481 e. The lowest BCUT2D eigenvalue weighted by Crippen LogP contribution is -2.67. The summed E-state index contributed by atoms with van der Waals surface area (Å²) in [4.78, 5) is 38.5. The van der Waals surface area contributed by atoms with E-state index in [0.717, 1.165) is 77.0 Å². The minimum absolute atomic E-state index is 0.0972. The summed E-state index contributed by atoms with van der Waals surface area (Å²) < 4.78 is 0. The van der Waals surface area contributed by atoms with E-state index in [9.17, 15) is 29.7 Å². The average molecular weight is 1020 g/mol. The van der Waals surface area contributed by atoms with Crippen LogP contribution in [0.3, 0.4) is 0 Å². The summed E-state index contributed by atoms with van der Waals surface area (Å²) in [7, 11) is 0. The van der Waals surface area contributed by atoms with Gasteiger partial charge in [0.1, 0.15) is 5.78 Å². The van der Waals surface area contributed by atoms with E-state index in [4.69, 9.17) is 10.8 Å². The number of carbonyl (C=O) groups is 3. The number of allylic oxidation sites excluding steroid dienone is 2. The smallest absolute Gasteiger partial charge is 0.309 e. The van der Waals surface area contributed by atoms with Crippen molar-refractivity contribution in [2.24, 2.45) is 119 Å². The third kappa shape index (κ3) is 7.99. The highest BCUT2D eigenvalue weighted by Crippen LogP contribution is 2.79. The van der Waals surface area contributed by atoms with E-state index in [1.165, 1.54) is 62.5 Å². The normalized spacial score (nSPS) is 49.6. The first-order chi connectivity index (χ1) is 34.0. The number of carboxylic acids is 2. The zero-order valence-corrected chi connectivity index (χ0v) is 48.3. The molecule has 0 aromatic carbocycles. The van der Waals surface area contributed by atoms with Gasteiger partial charge in [0.2, 0.25) is 0 Å². The summed E-state index contributed by atoms with van der Waals surface area (Å²) >= 11 is 0. The van der Waals surface area contributed by atoms with Gasteiger partial charge in [-0.15, -0.1) is 0 Å². The van der Waals surface area contributed by atoms with Crippen molar-refractivity contribution in [2.75, 3.05) is 26.3 Å². The number of carboxylic acid groups (broad SMARTS) is 2. The average Bonchev–Trinajstić information content (AvgIpc) is 3.93. The third-order valence-corrected chi connectivity index (χ3v) is 27.4. The lowest BCUT2D eigenvalue weighted by molar-refractivity contribution is -0.240. The molecule has 0 heterocycles. The van der Waals surface area contributed by atoms with Gasteiger partial charge in [-0.1, -0.05) is 93.5 Å². The molecule has 7 N–H and O–H groups in total. The molecule has 414 valence electrons. The van der Waals surface area contributed by atoms with Crippen LogP contribution in [0.15, 0.2) is 24.3 Å². The van der Waals surface area contributed by atoms with Crippen LogP contribution in [0.5, 0.6) is 0 Å². The van der Waals surface area contributed by atoms with Crippen molar-refractivity contribution < 1.29 is 34.8 Å². The van der Waals surface area contributed by atoms with Crippen LogP contribution < -0.4 is 11.1 Å². The Labute approximate surface area is 443 Å². The summed E-state index contributed by atoms with van der Waals surface area (Å²) in [5.41, 5.74) is 7.48. The Balaban J connectivity index is 0.000000182. The van der Waals surface area contributed by atoms with Gasteiger partial charge in [-0.2, -0.15) is 0 Å². The Kier molecular flexibility index (Phi) is 15.2. The fraction of sp³-hybridized carbons (Fsp3) is 0.891. The van der Waals surface area contributed by atoms with Gasteiger partial charge >= 0.3 is 11.9 Å².